The Labute approximate surface area is 134 Å². The molecule has 0 aromatic carbocycles. The van der Waals surface area contributed by atoms with Crippen molar-refractivity contribution in [2.45, 2.75) is 85.7 Å². The molecular weight excluding hydrogens is 256 g/mol. The molecule has 2 atom stereocenters. The standard InChI is InChI=1S/C19H40N2/c1-8-17(9-2)21(13-15(3)4)14-16-12-19(5,6)11-10-18(16)20-7/h15-18,20H,8-14H2,1-7H3. The first-order chi connectivity index (χ1) is 9.82. The van der Waals surface area contributed by atoms with Crippen LogP contribution < -0.4 is 5.32 Å². The highest BCUT2D eigenvalue weighted by atomic mass is 15.2. The van der Waals surface area contributed by atoms with E-state index >= 15 is 0 Å². The Morgan fingerprint density at radius 2 is 1.81 bits per heavy atom. The van der Waals surface area contributed by atoms with Crippen molar-refractivity contribution in [1.82, 2.24) is 10.2 Å². The number of rotatable bonds is 8. The number of hydrogen-bond donors (Lipinski definition) is 1. The Bertz CT molecular complexity index is 274. The highest BCUT2D eigenvalue weighted by molar-refractivity contribution is 4.90. The Kier molecular flexibility index (Phi) is 7.70. The highest BCUT2D eigenvalue weighted by Gasteiger charge is 2.35. The van der Waals surface area contributed by atoms with Crippen molar-refractivity contribution in [3.63, 3.8) is 0 Å². The highest BCUT2D eigenvalue weighted by Crippen LogP contribution is 2.39. The van der Waals surface area contributed by atoms with E-state index in [-0.39, 0.29) is 0 Å². The molecule has 0 aliphatic heterocycles. The topological polar surface area (TPSA) is 15.3 Å². The lowest BCUT2D eigenvalue weighted by Gasteiger charge is -2.44. The monoisotopic (exact) mass is 296 g/mol. The molecule has 2 nitrogen and oxygen atoms in total. The summed E-state index contributed by atoms with van der Waals surface area (Å²) in [7, 11) is 2.15. The van der Waals surface area contributed by atoms with E-state index in [1.165, 1.54) is 45.2 Å². The van der Waals surface area contributed by atoms with Crippen LogP contribution in [0.3, 0.4) is 0 Å². The van der Waals surface area contributed by atoms with Crippen LogP contribution in [0.25, 0.3) is 0 Å². The van der Waals surface area contributed by atoms with Crippen LogP contribution in [0.1, 0.15) is 73.6 Å². The minimum Gasteiger partial charge on any atom is -0.317 e. The van der Waals surface area contributed by atoms with E-state index in [2.05, 4.69) is 58.8 Å². The van der Waals surface area contributed by atoms with E-state index in [0.717, 1.165) is 17.9 Å². The number of nitrogens with zero attached hydrogens (tertiary/aromatic N) is 1. The van der Waals surface area contributed by atoms with Gasteiger partial charge in [0.05, 0.1) is 0 Å². The zero-order valence-electron chi connectivity index (χ0n) is 15.7. The SMILES string of the molecule is CCC(CC)N(CC(C)C)CC1CC(C)(C)CCC1NC. The molecule has 21 heavy (non-hydrogen) atoms. The van der Waals surface area contributed by atoms with Crippen molar-refractivity contribution < 1.29 is 0 Å². The predicted octanol–water partition coefficient (Wildman–Crippen LogP) is 4.55. The van der Waals surface area contributed by atoms with Gasteiger partial charge in [-0.15, -0.1) is 0 Å². The van der Waals surface area contributed by atoms with Gasteiger partial charge in [-0.3, -0.25) is 4.90 Å². The smallest absolute Gasteiger partial charge is 0.0105 e. The summed E-state index contributed by atoms with van der Waals surface area (Å²) in [5.41, 5.74) is 0.523. The lowest BCUT2D eigenvalue weighted by molar-refractivity contribution is 0.0740. The van der Waals surface area contributed by atoms with Crippen LogP contribution in [-0.4, -0.2) is 37.1 Å². The summed E-state index contributed by atoms with van der Waals surface area (Å²) in [5.74, 6) is 1.56. The maximum atomic E-state index is 3.60. The van der Waals surface area contributed by atoms with Gasteiger partial charge in [0.25, 0.3) is 0 Å². The molecule has 0 saturated heterocycles. The Balaban J connectivity index is 2.77. The van der Waals surface area contributed by atoms with E-state index < -0.39 is 0 Å². The average molecular weight is 297 g/mol. The van der Waals surface area contributed by atoms with E-state index in [0.29, 0.717) is 11.5 Å². The van der Waals surface area contributed by atoms with Crippen LogP contribution in [0, 0.1) is 17.3 Å². The van der Waals surface area contributed by atoms with Crippen molar-refractivity contribution in [2.24, 2.45) is 17.3 Å². The molecule has 0 heterocycles. The largest absolute Gasteiger partial charge is 0.317 e. The average Bonchev–Trinajstić information content (AvgIpc) is 2.38. The second-order valence-electron chi connectivity index (χ2n) is 8.38. The van der Waals surface area contributed by atoms with Crippen molar-refractivity contribution in [3.05, 3.63) is 0 Å². The summed E-state index contributed by atoms with van der Waals surface area (Å²) >= 11 is 0. The minimum absolute atomic E-state index is 0.523. The summed E-state index contributed by atoms with van der Waals surface area (Å²) in [4.78, 5) is 2.79. The molecule has 0 aromatic heterocycles. The van der Waals surface area contributed by atoms with Crippen molar-refractivity contribution in [2.75, 3.05) is 20.1 Å². The van der Waals surface area contributed by atoms with Crippen LogP contribution >= 0.6 is 0 Å². The van der Waals surface area contributed by atoms with Crippen molar-refractivity contribution in [3.8, 4) is 0 Å². The summed E-state index contributed by atoms with van der Waals surface area (Å²) in [6.45, 7) is 16.8. The van der Waals surface area contributed by atoms with Gasteiger partial charge in [-0.05, 0) is 56.4 Å². The first kappa shape index (κ1) is 19.0. The van der Waals surface area contributed by atoms with Crippen LogP contribution in [0.2, 0.25) is 0 Å². The fourth-order valence-corrected chi connectivity index (χ4v) is 4.26. The Morgan fingerprint density at radius 3 is 2.29 bits per heavy atom. The molecule has 0 spiro atoms. The number of hydrogen-bond acceptors (Lipinski definition) is 2. The van der Waals surface area contributed by atoms with Gasteiger partial charge >= 0.3 is 0 Å². The van der Waals surface area contributed by atoms with Gasteiger partial charge in [0, 0.05) is 25.2 Å². The van der Waals surface area contributed by atoms with Gasteiger partial charge in [0.15, 0.2) is 0 Å². The first-order valence-corrected chi connectivity index (χ1v) is 9.24. The lowest BCUT2D eigenvalue weighted by atomic mass is 9.69. The summed E-state index contributed by atoms with van der Waals surface area (Å²) in [6.07, 6.45) is 6.64. The first-order valence-electron chi connectivity index (χ1n) is 9.24. The fraction of sp³-hybridized carbons (Fsp3) is 1.00. The van der Waals surface area contributed by atoms with E-state index in [1.54, 1.807) is 0 Å². The normalized spacial score (nSPS) is 26.0. The molecule has 126 valence electrons. The Morgan fingerprint density at radius 1 is 1.19 bits per heavy atom. The van der Waals surface area contributed by atoms with E-state index in [1.807, 2.05) is 0 Å². The van der Waals surface area contributed by atoms with Gasteiger partial charge in [-0.1, -0.05) is 41.5 Å². The summed E-state index contributed by atoms with van der Waals surface area (Å²) in [6, 6.07) is 1.47. The zero-order valence-corrected chi connectivity index (χ0v) is 15.7. The second kappa shape index (κ2) is 8.53. The third kappa shape index (κ3) is 5.90. The van der Waals surface area contributed by atoms with Gasteiger partial charge in [-0.25, -0.2) is 0 Å². The molecular formula is C19H40N2. The minimum atomic E-state index is 0.523. The van der Waals surface area contributed by atoms with Crippen LogP contribution in [0.4, 0.5) is 0 Å². The molecule has 0 amide bonds. The van der Waals surface area contributed by atoms with Gasteiger partial charge in [0.1, 0.15) is 0 Å². The van der Waals surface area contributed by atoms with E-state index in [4.69, 9.17) is 0 Å². The van der Waals surface area contributed by atoms with Gasteiger partial charge in [0.2, 0.25) is 0 Å². The molecule has 1 rings (SSSR count). The molecule has 2 heteroatoms. The van der Waals surface area contributed by atoms with Crippen molar-refractivity contribution >= 4 is 0 Å². The lowest BCUT2D eigenvalue weighted by Crippen LogP contribution is -2.49. The molecule has 1 fully saturated rings. The van der Waals surface area contributed by atoms with Crippen molar-refractivity contribution in [1.29, 1.82) is 0 Å². The molecule has 1 aliphatic carbocycles. The van der Waals surface area contributed by atoms with E-state index in [9.17, 15) is 0 Å². The van der Waals surface area contributed by atoms with Crippen LogP contribution in [0.5, 0.6) is 0 Å². The quantitative estimate of drug-likeness (QED) is 0.707. The fourth-order valence-electron chi connectivity index (χ4n) is 4.26. The predicted molar refractivity (Wildman–Crippen MR) is 94.8 cm³/mol. The van der Waals surface area contributed by atoms with Crippen LogP contribution in [0.15, 0.2) is 0 Å². The second-order valence-corrected chi connectivity index (χ2v) is 8.38. The molecule has 0 radical (unpaired) electrons. The zero-order chi connectivity index (χ0) is 16.0. The maximum absolute atomic E-state index is 3.60. The molecule has 1 aliphatic rings. The maximum Gasteiger partial charge on any atom is 0.0105 e. The Hall–Kier alpha value is -0.0800. The van der Waals surface area contributed by atoms with Gasteiger partial charge in [-0.2, -0.15) is 0 Å². The molecule has 0 bridgehead atoms. The number of nitrogens with one attached hydrogen (secondary N) is 1. The third-order valence-electron chi connectivity index (χ3n) is 5.41. The van der Waals surface area contributed by atoms with Crippen LogP contribution in [-0.2, 0) is 0 Å². The third-order valence-corrected chi connectivity index (χ3v) is 5.41. The molecule has 2 unspecified atom stereocenters. The molecule has 0 aromatic rings. The summed E-state index contributed by atoms with van der Waals surface area (Å²) in [5, 5.41) is 3.60. The summed E-state index contributed by atoms with van der Waals surface area (Å²) < 4.78 is 0. The molecule has 1 N–H and O–H groups in total. The van der Waals surface area contributed by atoms with Gasteiger partial charge < -0.3 is 5.32 Å². The molecule has 1 saturated carbocycles.